The molecule has 0 aromatic heterocycles. The Hall–Kier alpha value is -3.02. The van der Waals surface area contributed by atoms with Crippen LogP contribution in [0.4, 0.5) is 0 Å². The van der Waals surface area contributed by atoms with Gasteiger partial charge in [0.05, 0.1) is 12.1 Å². The summed E-state index contributed by atoms with van der Waals surface area (Å²) in [5.41, 5.74) is 12.4. The van der Waals surface area contributed by atoms with Crippen molar-refractivity contribution >= 4 is 23.7 Å². The largest absolute Gasteiger partial charge is 0.480 e. The number of nitrogens with two attached hydrogens (primary N) is 2. The Morgan fingerprint density at radius 3 is 2.03 bits per heavy atom. The van der Waals surface area contributed by atoms with E-state index in [-0.39, 0.29) is 18.8 Å². The van der Waals surface area contributed by atoms with Crippen molar-refractivity contribution in [3.63, 3.8) is 0 Å². The molecular weight excluding hydrogens is 466 g/mol. The van der Waals surface area contributed by atoms with Crippen molar-refractivity contribution in [2.24, 2.45) is 17.4 Å². The molecule has 1 aromatic carbocycles. The van der Waals surface area contributed by atoms with Gasteiger partial charge in [-0.05, 0) is 50.6 Å². The fraction of sp³-hybridized carbons (Fsp3) is 0.600. The SMILES string of the molecule is CCC(C)C(NC(=O)C(N)Cc1ccccc1)C(=O)NC(C(=O)NC(CCCCN)C(=O)O)C(C)O. The molecule has 6 atom stereocenters. The Morgan fingerprint density at radius 1 is 0.917 bits per heavy atom. The number of carboxylic acids is 1. The number of benzene rings is 1. The summed E-state index contributed by atoms with van der Waals surface area (Å²) in [4.78, 5) is 50.2. The van der Waals surface area contributed by atoms with Crippen LogP contribution in [0.1, 0.15) is 52.0 Å². The molecule has 202 valence electrons. The molecule has 3 amide bonds. The van der Waals surface area contributed by atoms with Gasteiger partial charge in [-0.25, -0.2) is 4.79 Å². The van der Waals surface area contributed by atoms with Gasteiger partial charge < -0.3 is 37.6 Å². The zero-order valence-corrected chi connectivity index (χ0v) is 21.3. The third kappa shape index (κ3) is 10.3. The molecule has 0 saturated heterocycles. The molecule has 0 bridgehead atoms. The van der Waals surface area contributed by atoms with Crippen LogP contribution in [0.25, 0.3) is 0 Å². The summed E-state index contributed by atoms with van der Waals surface area (Å²) in [5.74, 6) is -3.58. The number of unbranched alkanes of at least 4 members (excludes halogenated alkanes) is 1. The summed E-state index contributed by atoms with van der Waals surface area (Å²) in [7, 11) is 0. The quantitative estimate of drug-likeness (QED) is 0.147. The van der Waals surface area contributed by atoms with Gasteiger partial charge in [0.1, 0.15) is 18.1 Å². The lowest BCUT2D eigenvalue weighted by Gasteiger charge is -2.29. The van der Waals surface area contributed by atoms with Crippen molar-refractivity contribution in [2.45, 2.75) is 83.1 Å². The summed E-state index contributed by atoms with van der Waals surface area (Å²) < 4.78 is 0. The van der Waals surface area contributed by atoms with Crippen LogP contribution in [0.5, 0.6) is 0 Å². The Labute approximate surface area is 212 Å². The molecule has 11 nitrogen and oxygen atoms in total. The normalized spacial score (nSPS) is 16.1. The van der Waals surface area contributed by atoms with Crippen LogP contribution in [-0.2, 0) is 25.6 Å². The molecule has 0 aliphatic rings. The van der Waals surface area contributed by atoms with Gasteiger partial charge in [-0.2, -0.15) is 0 Å². The number of aliphatic hydroxyl groups excluding tert-OH is 1. The Balaban J connectivity index is 2.91. The van der Waals surface area contributed by atoms with Gasteiger partial charge in [-0.1, -0.05) is 50.6 Å². The van der Waals surface area contributed by atoms with Crippen molar-refractivity contribution in [2.75, 3.05) is 6.54 Å². The predicted molar refractivity (Wildman–Crippen MR) is 136 cm³/mol. The number of carboxylic acid groups (broad SMARTS) is 1. The highest BCUT2D eigenvalue weighted by molar-refractivity contribution is 5.94. The van der Waals surface area contributed by atoms with Gasteiger partial charge in [0.15, 0.2) is 0 Å². The predicted octanol–water partition coefficient (Wildman–Crippen LogP) is -0.349. The summed E-state index contributed by atoms with van der Waals surface area (Å²) in [6, 6.07) is 4.69. The molecule has 11 heteroatoms. The molecule has 0 aliphatic heterocycles. The third-order valence-corrected chi connectivity index (χ3v) is 6.05. The maximum atomic E-state index is 13.1. The van der Waals surface area contributed by atoms with Gasteiger partial charge in [-0.15, -0.1) is 0 Å². The first-order chi connectivity index (χ1) is 17.0. The van der Waals surface area contributed by atoms with E-state index in [9.17, 15) is 29.4 Å². The van der Waals surface area contributed by atoms with Crippen molar-refractivity contribution in [1.82, 2.24) is 16.0 Å². The maximum absolute atomic E-state index is 13.1. The monoisotopic (exact) mass is 507 g/mol. The Kier molecular flexibility index (Phi) is 13.7. The minimum atomic E-state index is -1.42. The number of hydrogen-bond acceptors (Lipinski definition) is 7. The second-order valence-corrected chi connectivity index (χ2v) is 9.08. The number of amides is 3. The van der Waals surface area contributed by atoms with Crippen LogP contribution in [-0.4, -0.2) is 70.7 Å². The zero-order chi connectivity index (χ0) is 27.3. The molecule has 0 saturated carbocycles. The third-order valence-electron chi connectivity index (χ3n) is 6.05. The lowest BCUT2D eigenvalue weighted by atomic mass is 9.96. The first kappa shape index (κ1) is 31.0. The average molecular weight is 508 g/mol. The molecule has 0 aliphatic carbocycles. The van der Waals surface area contributed by atoms with Gasteiger partial charge in [0.25, 0.3) is 0 Å². The molecule has 0 spiro atoms. The van der Waals surface area contributed by atoms with Crippen LogP contribution in [0.2, 0.25) is 0 Å². The van der Waals surface area contributed by atoms with Crippen molar-refractivity contribution in [3.05, 3.63) is 35.9 Å². The molecule has 6 unspecified atom stereocenters. The number of hydrogen-bond donors (Lipinski definition) is 7. The zero-order valence-electron chi connectivity index (χ0n) is 21.3. The number of aliphatic carboxylic acids is 1. The number of nitrogens with one attached hydrogen (secondary N) is 3. The number of carbonyl (C=O) groups excluding carboxylic acids is 3. The van der Waals surface area contributed by atoms with Crippen LogP contribution in [0.15, 0.2) is 30.3 Å². The van der Waals surface area contributed by atoms with Crippen molar-refractivity contribution in [1.29, 1.82) is 0 Å². The first-order valence-corrected chi connectivity index (χ1v) is 12.3. The lowest BCUT2D eigenvalue weighted by Crippen LogP contribution is -2.61. The van der Waals surface area contributed by atoms with E-state index in [1.807, 2.05) is 37.3 Å². The Morgan fingerprint density at radius 2 is 1.50 bits per heavy atom. The second-order valence-electron chi connectivity index (χ2n) is 9.08. The minimum absolute atomic E-state index is 0.156. The van der Waals surface area contributed by atoms with E-state index in [1.165, 1.54) is 6.92 Å². The van der Waals surface area contributed by atoms with E-state index >= 15 is 0 Å². The topological polar surface area (TPSA) is 197 Å². The average Bonchev–Trinajstić information content (AvgIpc) is 2.84. The van der Waals surface area contributed by atoms with E-state index in [0.717, 1.165) is 5.56 Å². The highest BCUT2D eigenvalue weighted by atomic mass is 16.4. The molecule has 1 rings (SSSR count). The van der Waals surface area contributed by atoms with Crippen molar-refractivity contribution in [3.8, 4) is 0 Å². The van der Waals surface area contributed by atoms with E-state index < -0.39 is 54.0 Å². The molecule has 0 heterocycles. The van der Waals surface area contributed by atoms with Gasteiger partial charge in [-0.3, -0.25) is 14.4 Å². The fourth-order valence-corrected chi connectivity index (χ4v) is 3.58. The molecule has 0 fully saturated rings. The molecular formula is C25H41N5O6. The van der Waals surface area contributed by atoms with E-state index in [0.29, 0.717) is 25.8 Å². The summed E-state index contributed by atoms with van der Waals surface area (Å²) in [5, 5.41) is 27.1. The number of aliphatic hydroxyl groups is 1. The number of rotatable bonds is 16. The van der Waals surface area contributed by atoms with E-state index in [4.69, 9.17) is 11.5 Å². The van der Waals surface area contributed by atoms with Crippen LogP contribution >= 0.6 is 0 Å². The second kappa shape index (κ2) is 15.9. The summed E-state index contributed by atoms with van der Waals surface area (Å²) >= 11 is 0. The van der Waals surface area contributed by atoms with Crippen LogP contribution in [0, 0.1) is 5.92 Å². The van der Waals surface area contributed by atoms with Crippen molar-refractivity contribution < 1.29 is 29.4 Å². The molecule has 1 aromatic rings. The van der Waals surface area contributed by atoms with E-state index in [2.05, 4.69) is 16.0 Å². The van der Waals surface area contributed by atoms with Crippen LogP contribution in [0.3, 0.4) is 0 Å². The lowest BCUT2D eigenvalue weighted by molar-refractivity contribution is -0.143. The summed E-state index contributed by atoms with van der Waals surface area (Å²) in [6.45, 7) is 5.31. The minimum Gasteiger partial charge on any atom is -0.480 e. The van der Waals surface area contributed by atoms with Gasteiger partial charge >= 0.3 is 5.97 Å². The van der Waals surface area contributed by atoms with E-state index in [1.54, 1.807) is 6.92 Å². The number of carbonyl (C=O) groups is 4. The fourth-order valence-electron chi connectivity index (χ4n) is 3.58. The smallest absolute Gasteiger partial charge is 0.326 e. The van der Waals surface area contributed by atoms with Crippen LogP contribution < -0.4 is 27.4 Å². The summed E-state index contributed by atoms with van der Waals surface area (Å²) in [6.07, 6.45) is 0.745. The highest BCUT2D eigenvalue weighted by Crippen LogP contribution is 2.11. The first-order valence-electron chi connectivity index (χ1n) is 12.3. The standard InChI is InChI=1S/C25H41N5O6/c1-4-15(2)20(29-22(32)18(27)14-17-10-6-5-7-11-17)23(33)30-21(16(3)31)24(34)28-19(25(35)36)12-8-9-13-26/h5-7,10-11,15-16,18-21,31H,4,8-9,12-14,26-27H2,1-3H3,(H,28,34)(H,29,32)(H,30,33)(H,35,36). The molecule has 9 N–H and O–H groups in total. The molecule has 0 radical (unpaired) electrons. The molecule has 36 heavy (non-hydrogen) atoms. The highest BCUT2D eigenvalue weighted by Gasteiger charge is 2.34. The van der Waals surface area contributed by atoms with Gasteiger partial charge in [0.2, 0.25) is 17.7 Å². The Bertz CT molecular complexity index is 851. The van der Waals surface area contributed by atoms with Gasteiger partial charge in [0, 0.05) is 0 Å². The maximum Gasteiger partial charge on any atom is 0.326 e.